The molecule has 0 fully saturated rings. The highest BCUT2D eigenvalue weighted by molar-refractivity contribution is 5.94. The van der Waals surface area contributed by atoms with Crippen LogP contribution in [0.4, 0.5) is 17.6 Å². The van der Waals surface area contributed by atoms with Crippen LogP contribution in [0, 0.1) is 5.82 Å². The SMILES string of the molecule is O=C(NCCn1ccnc1)c1cc(C(F)(F)F)ccc1F. The Morgan fingerprint density at radius 1 is 1.33 bits per heavy atom. The van der Waals surface area contributed by atoms with Crippen LogP contribution in [0.5, 0.6) is 0 Å². The van der Waals surface area contributed by atoms with Crippen molar-refractivity contribution in [3.63, 3.8) is 0 Å². The Bertz CT molecular complexity index is 623. The van der Waals surface area contributed by atoms with Crippen molar-refractivity contribution in [2.75, 3.05) is 6.54 Å². The summed E-state index contributed by atoms with van der Waals surface area (Å²) >= 11 is 0. The molecule has 112 valence electrons. The lowest BCUT2D eigenvalue weighted by Gasteiger charge is -2.10. The molecule has 1 aromatic heterocycles. The number of alkyl halides is 3. The first-order chi connectivity index (χ1) is 9.88. The van der Waals surface area contributed by atoms with E-state index in [1.807, 2.05) is 0 Å². The summed E-state index contributed by atoms with van der Waals surface area (Å²) in [5, 5.41) is 2.36. The summed E-state index contributed by atoms with van der Waals surface area (Å²) in [6, 6.07) is 1.73. The number of aromatic nitrogens is 2. The summed E-state index contributed by atoms with van der Waals surface area (Å²) in [6.45, 7) is 0.525. The van der Waals surface area contributed by atoms with Crippen LogP contribution in [0.3, 0.4) is 0 Å². The number of hydrogen-bond acceptors (Lipinski definition) is 2. The largest absolute Gasteiger partial charge is 0.416 e. The van der Waals surface area contributed by atoms with Gasteiger partial charge in [0.15, 0.2) is 0 Å². The summed E-state index contributed by atoms with van der Waals surface area (Å²) in [4.78, 5) is 15.5. The molecule has 2 rings (SSSR count). The minimum absolute atomic E-state index is 0.144. The van der Waals surface area contributed by atoms with Crippen molar-refractivity contribution in [1.82, 2.24) is 14.9 Å². The van der Waals surface area contributed by atoms with E-state index in [4.69, 9.17) is 0 Å². The summed E-state index contributed by atoms with van der Waals surface area (Å²) in [5.41, 5.74) is -1.70. The van der Waals surface area contributed by atoms with Gasteiger partial charge >= 0.3 is 6.18 Å². The number of nitrogens with one attached hydrogen (secondary N) is 1. The normalized spacial score (nSPS) is 11.4. The standard InChI is InChI=1S/C13H11F4N3O/c14-11-2-1-9(13(15,16)17)7-10(11)12(21)19-4-6-20-5-3-18-8-20/h1-3,5,7-8H,4,6H2,(H,19,21). The molecule has 0 aliphatic heterocycles. The van der Waals surface area contributed by atoms with Gasteiger partial charge in [-0.3, -0.25) is 4.79 Å². The highest BCUT2D eigenvalue weighted by atomic mass is 19.4. The first-order valence-corrected chi connectivity index (χ1v) is 5.98. The van der Waals surface area contributed by atoms with Crippen LogP contribution in [0.15, 0.2) is 36.9 Å². The highest BCUT2D eigenvalue weighted by Gasteiger charge is 2.31. The molecule has 0 saturated heterocycles. The maximum absolute atomic E-state index is 13.5. The Kier molecular flexibility index (Phi) is 4.25. The topological polar surface area (TPSA) is 46.9 Å². The van der Waals surface area contributed by atoms with E-state index in [9.17, 15) is 22.4 Å². The lowest BCUT2D eigenvalue weighted by Crippen LogP contribution is -2.28. The quantitative estimate of drug-likeness (QED) is 0.882. The zero-order valence-electron chi connectivity index (χ0n) is 10.7. The fraction of sp³-hybridized carbons (Fsp3) is 0.231. The molecule has 8 heteroatoms. The van der Waals surface area contributed by atoms with Crippen molar-refractivity contribution in [3.05, 3.63) is 53.9 Å². The first kappa shape index (κ1) is 15.0. The molecule has 0 aliphatic carbocycles. The van der Waals surface area contributed by atoms with Gasteiger partial charge in [-0.25, -0.2) is 9.37 Å². The molecule has 0 unspecified atom stereocenters. The van der Waals surface area contributed by atoms with E-state index in [1.54, 1.807) is 17.0 Å². The van der Waals surface area contributed by atoms with Crippen LogP contribution in [0.2, 0.25) is 0 Å². The Balaban J connectivity index is 2.04. The third-order valence-corrected chi connectivity index (χ3v) is 2.75. The number of hydrogen-bond donors (Lipinski definition) is 1. The zero-order chi connectivity index (χ0) is 15.5. The minimum atomic E-state index is -4.63. The van der Waals surface area contributed by atoms with Crippen molar-refractivity contribution in [1.29, 1.82) is 0 Å². The van der Waals surface area contributed by atoms with Gasteiger partial charge in [-0.05, 0) is 18.2 Å². The molecule has 1 heterocycles. The van der Waals surface area contributed by atoms with Crippen molar-refractivity contribution in [2.24, 2.45) is 0 Å². The second-order valence-electron chi connectivity index (χ2n) is 4.25. The number of amides is 1. The predicted octanol–water partition coefficient (Wildman–Crippen LogP) is 2.47. The monoisotopic (exact) mass is 301 g/mol. The molecule has 0 aliphatic rings. The number of carbonyl (C=O) groups is 1. The molecule has 1 N–H and O–H groups in total. The number of imidazole rings is 1. The van der Waals surface area contributed by atoms with Crippen LogP contribution < -0.4 is 5.32 Å². The van der Waals surface area contributed by atoms with Crippen LogP contribution in [-0.2, 0) is 12.7 Å². The van der Waals surface area contributed by atoms with E-state index >= 15 is 0 Å². The van der Waals surface area contributed by atoms with E-state index in [-0.39, 0.29) is 6.54 Å². The van der Waals surface area contributed by atoms with Gasteiger partial charge < -0.3 is 9.88 Å². The van der Waals surface area contributed by atoms with E-state index in [1.165, 1.54) is 6.33 Å². The molecule has 0 bridgehead atoms. The summed E-state index contributed by atoms with van der Waals surface area (Å²) in [5.74, 6) is -1.89. The molecule has 0 spiro atoms. The summed E-state index contributed by atoms with van der Waals surface area (Å²) in [7, 11) is 0. The lowest BCUT2D eigenvalue weighted by atomic mass is 10.1. The van der Waals surface area contributed by atoms with Gasteiger partial charge in [0, 0.05) is 25.5 Å². The zero-order valence-corrected chi connectivity index (χ0v) is 10.7. The van der Waals surface area contributed by atoms with E-state index in [0.29, 0.717) is 24.7 Å². The lowest BCUT2D eigenvalue weighted by molar-refractivity contribution is -0.137. The fourth-order valence-electron chi connectivity index (χ4n) is 1.69. The Labute approximate surface area is 117 Å². The van der Waals surface area contributed by atoms with Crippen molar-refractivity contribution in [2.45, 2.75) is 12.7 Å². The van der Waals surface area contributed by atoms with Gasteiger partial charge in [0.05, 0.1) is 17.5 Å². The van der Waals surface area contributed by atoms with Gasteiger partial charge in [0.1, 0.15) is 5.82 Å². The Hall–Kier alpha value is -2.38. The van der Waals surface area contributed by atoms with Crippen LogP contribution in [0.1, 0.15) is 15.9 Å². The molecule has 2 aromatic rings. The maximum atomic E-state index is 13.5. The van der Waals surface area contributed by atoms with Crippen LogP contribution >= 0.6 is 0 Å². The van der Waals surface area contributed by atoms with Crippen molar-refractivity contribution >= 4 is 5.91 Å². The average Bonchev–Trinajstić information content (AvgIpc) is 2.91. The second kappa shape index (κ2) is 5.94. The minimum Gasteiger partial charge on any atom is -0.350 e. The number of carbonyl (C=O) groups excluding carboxylic acids is 1. The number of nitrogens with zero attached hydrogens (tertiary/aromatic N) is 2. The summed E-state index contributed by atoms with van der Waals surface area (Å²) < 4.78 is 52.7. The molecule has 21 heavy (non-hydrogen) atoms. The molecule has 0 radical (unpaired) electrons. The fourth-order valence-corrected chi connectivity index (χ4v) is 1.69. The Morgan fingerprint density at radius 2 is 2.10 bits per heavy atom. The molecule has 1 amide bonds. The van der Waals surface area contributed by atoms with Gasteiger partial charge in [0.25, 0.3) is 5.91 Å². The molecular weight excluding hydrogens is 290 g/mol. The number of halogens is 4. The van der Waals surface area contributed by atoms with E-state index in [2.05, 4.69) is 10.3 Å². The second-order valence-corrected chi connectivity index (χ2v) is 4.25. The third-order valence-electron chi connectivity index (χ3n) is 2.75. The van der Waals surface area contributed by atoms with Crippen LogP contribution in [-0.4, -0.2) is 22.0 Å². The van der Waals surface area contributed by atoms with E-state index in [0.717, 1.165) is 0 Å². The van der Waals surface area contributed by atoms with Crippen molar-refractivity contribution in [3.8, 4) is 0 Å². The predicted molar refractivity (Wildman–Crippen MR) is 66.0 cm³/mol. The molecular formula is C13H11F4N3O. The maximum Gasteiger partial charge on any atom is 0.416 e. The highest BCUT2D eigenvalue weighted by Crippen LogP contribution is 2.30. The third kappa shape index (κ3) is 3.80. The van der Waals surface area contributed by atoms with Gasteiger partial charge in [-0.1, -0.05) is 0 Å². The number of benzene rings is 1. The van der Waals surface area contributed by atoms with Crippen molar-refractivity contribution < 1.29 is 22.4 Å². The molecule has 0 saturated carbocycles. The molecule has 1 aromatic carbocycles. The smallest absolute Gasteiger partial charge is 0.350 e. The average molecular weight is 301 g/mol. The molecule has 4 nitrogen and oxygen atoms in total. The number of rotatable bonds is 4. The Morgan fingerprint density at radius 3 is 2.71 bits per heavy atom. The summed E-state index contributed by atoms with van der Waals surface area (Å²) in [6.07, 6.45) is 0.113. The van der Waals surface area contributed by atoms with E-state index < -0.39 is 29.0 Å². The van der Waals surface area contributed by atoms with Gasteiger partial charge in [-0.15, -0.1) is 0 Å². The van der Waals surface area contributed by atoms with Gasteiger partial charge in [-0.2, -0.15) is 13.2 Å². The van der Waals surface area contributed by atoms with Crippen LogP contribution in [0.25, 0.3) is 0 Å². The van der Waals surface area contributed by atoms with Gasteiger partial charge in [0.2, 0.25) is 0 Å². The molecule has 0 atom stereocenters. The first-order valence-electron chi connectivity index (χ1n) is 5.98.